The van der Waals surface area contributed by atoms with Gasteiger partial charge in [-0.15, -0.1) is 0 Å². The van der Waals surface area contributed by atoms with Crippen molar-refractivity contribution in [3.05, 3.63) is 0 Å². The molecular weight excluding hydrogens is 256 g/mol. The van der Waals surface area contributed by atoms with E-state index < -0.39 is 9.84 Å². The Morgan fingerprint density at radius 3 is 2.88 bits per heavy atom. The van der Waals surface area contributed by atoms with Crippen molar-refractivity contribution in [2.45, 2.75) is 31.3 Å². The molecule has 6 heteroatoms. The molecule has 0 aromatic heterocycles. The zero-order chi connectivity index (χ0) is 12.5. The lowest BCUT2D eigenvalue weighted by Gasteiger charge is -2.50. The molecule has 0 saturated carbocycles. The monoisotopic (exact) mass is 278 g/mol. The van der Waals surface area contributed by atoms with Crippen LogP contribution in [0.3, 0.4) is 0 Å². The Balaban J connectivity index is 2.23. The molecule has 100 valence electrons. The van der Waals surface area contributed by atoms with Gasteiger partial charge in [0.05, 0.1) is 11.5 Å². The molecule has 0 radical (unpaired) electrons. The van der Waals surface area contributed by atoms with E-state index in [4.69, 9.17) is 5.73 Å². The highest BCUT2D eigenvalue weighted by molar-refractivity contribution is 7.99. The Labute approximate surface area is 108 Å². The molecule has 2 heterocycles. The summed E-state index contributed by atoms with van der Waals surface area (Å²) in [5.41, 5.74) is 5.65. The topological polar surface area (TPSA) is 63.4 Å². The van der Waals surface area contributed by atoms with Crippen molar-refractivity contribution in [1.82, 2.24) is 4.90 Å². The fourth-order valence-corrected chi connectivity index (χ4v) is 6.10. The molecule has 0 spiro atoms. The molecular formula is C11H22N2O2S2. The predicted octanol–water partition coefficient (Wildman–Crippen LogP) is 0.330. The maximum absolute atomic E-state index is 11.9. The summed E-state index contributed by atoms with van der Waals surface area (Å²) in [7, 11) is -2.90. The number of sulfone groups is 1. The molecule has 2 fully saturated rings. The first kappa shape index (κ1) is 13.6. The van der Waals surface area contributed by atoms with Crippen molar-refractivity contribution < 1.29 is 8.42 Å². The third-order valence-corrected chi connectivity index (χ3v) is 7.02. The van der Waals surface area contributed by atoms with Gasteiger partial charge in [-0.2, -0.15) is 11.8 Å². The third-order valence-electron chi connectivity index (χ3n) is 3.94. The van der Waals surface area contributed by atoms with E-state index in [1.807, 2.05) is 11.8 Å². The van der Waals surface area contributed by atoms with Crippen LogP contribution < -0.4 is 5.73 Å². The average molecular weight is 278 g/mol. The summed E-state index contributed by atoms with van der Waals surface area (Å²) >= 11 is 1.95. The summed E-state index contributed by atoms with van der Waals surface area (Å²) < 4.78 is 23.8. The summed E-state index contributed by atoms with van der Waals surface area (Å²) in [6.45, 7) is 3.62. The van der Waals surface area contributed by atoms with E-state index in [-0.39, 0.29) is 11.3 Å². The Morgan fingerprint density at radius 1 is 1.53 bits per heavy atom. The van der Waals surface area contributed by atoms with Gasteiger partial charge in [0.15, 0.2) is 9.84 Å². The van der Waals surface area contributed by atoms with Crippen LogP contribution in [0.2, 0.25) is 0 Å². The van der Waals surface area contributed by atoms with Crippen molar-refractivity contribution in [2.24, 2.45) is 5.73 Å². The molecule has 2 aliphatic heterocycles. The summed E-state index contributed by atoms with van der Waals surface area (Å²) in [5, 5.41) is 0. The molecule has 2 saturated heterocycles. The van der Waals surface area contributed by atoms with Crippen molar-refractivity contribution in [3.8, 4) is 0 Å². The highest BCUT2D eigenvalue weighted by Crippen LogP contribution is 2.32. The first-order valence-electron chi connectivity index (χ1n) is 6.24. The van der Waals surface area contributed by atoms with E-state index in [9.17, 15) is 8.42 Å². The number of rotatable bonds is 2. The molecule has 2 atom stereocenters. The van der Waals surface area contributed by atoms with Gasteiger partial charge in [0.2, 0.25) is 0 Å². The molecule has 0 aliphatic carbocycles. The number of hydrogen-bond donors (Lipinski definition) is 1. The van der Waals surface area contributed by atoms with Crippen molar-refractivity contribution in [3.63, 3.8) is 0 Å². The van der Waals surface area contributed by atoms with Crippen molar-refractivity contribution >= 4 is 21.6 Å². The summed E-state index contributed by atoms with van der Waals surface area (Å²) in [6.07, 6.45) is 1.69. The first-order valence-corrected chi connectivity index (χ1v) is 9.22. The Hall–Kier alpha value is 0.220. The van der Waals surface area contributed by atoms with Gasteiger partial charge in [-0.3, -0.25) is 4.90 Å². The maximum Gasteiger partial charge on any atom is 0.152 e. The number of nitrogens with zero attached hydrogens (tertiary/aromatic N) is 1. The molecule has 0 aromatic rings. The normalized spacial score (nSPS) is 39.1. The van der Waals surface area contributed by atoms with E-state index in [0.29, 0.717) is 18.3 Å². The van der Waals surface area contributed by atoms with Gasteiger partial charge in [0, 0.05) is 36.2 Å². The second-order valence-electron chi connectivity index (χ2n) is 5.24. The molecule has 2 unspecified atom stereocenters. The molecule has 2 aliphatic rings. The second kappa shape index (κ2) is 5.07. The number of thioether (sulfide) groups is 1. The Kier molecular flexibility index (Phi) is 4.07. The molecule has 0 aromatic carbocycles. The quantitative estimate of drug-likeness (QED) is 0.788. The van der Waals surface area contributed by atoms with Crippen molar-refractivity contribution in [2.75, 3.05) is 36.1 Å². The average Bonchev–Trinajstić information content (AvgIpc) is 2.28. The fourth-order valence-electron chi connectivity index (χ4n) is 3.11. The second-order valence-corrected chi connectivity index (χ2v) is 8.58. The van der Waals surface area contributed by atoms with Gasteiger partial charge in [0.25, 0.3) is 0 Å². The lowest BCUT2D eigenvalue weighted by Crippen LogP contribution is -2.64. The van der Waals surface area contributed by atoms with Gasteiger partial charge in [-0.1, -0.05) is 0 Å². The zero-order valence-electron chi connectivity index (χ0n) is 10.4. The molecule has 4 nitrogen and oxygen atoms in total. The Bertz CT molecular complexity index is 372. The van der Waals surface area contributed by atoms with Gasteiger partial charge in [-0.25, -0.2) is 8.42 Å². The van der Waals surface area contributed by atoms with Crippen LogP contribution in [0.15, 0.2) is 0 Å². The van der Waals surface area contributed by atoms with Crippen molar-refractivity contribution in [1.29, 1.82) is 0 Å². The van der Waals surface area contributed by atoms with E-state index in [1.165, 1.54) is 0 Å². The van der Waals surface area contributed by atoms with Crippen LogP contribution in [0.1, 0.15) is 19.8 Å². The van der Waals surface area contributed by atoms with E-state index in [1.54, 1.807) is 0 Å². The van der Waals surface area contributed by atoms with Crippen LogP contribution in [0, 0.1) is 0 Å². The van der Waals surface area contributed by atoms with Crippen LogP contribution in [0.25, 0.3) is 0 Å². The number of hydrogen-bond acceptors (Lipinski definition) is 5. The van der Waals surface area contributed by atoms with Crippen LogP contribution in [0.4, 0.5) is 0 Å². The zero-order valence-corrected chi connectivity index (χ0v) is 12.0. The predicted molar refractivity (Wildman–Crippen MR) is 73.2 cm³/mol. The molecule has 0 amide bonds. The Morgan fingerprint density at radius 2 is 2.29 bits per heavy atom. The van der Waals surface area contributed by atoms with Crippen LogP contribution >= 0.6 is 11.8 Å². The van der Waals surface area contributed by atoms with Gasteiger partial charge in [0.1, 0.15) is 0 Å². The maximum atomic E-state index is 11.9. The first-order chi connectivity index (χ1) is 7.99. The lowest BCUT2D eigenvalue weighted by atomic mass is 9.91. The molecule has 17 heavy (non-hydrogen) atoms. The fraction of sp³-hybridized carbons (Fsp3) is 1.00. The van der Waals surface area contributed by atoms with Gasteiger partial charge >= 0.3 is 0 Å². The molecule has 2 N–H and O–H groups in total. The van der Waals surface area contributed by atoms with E-state index in [0.717, 1.165) is 30.9 Å². The smallest absolute Gasteiger partial charge is 0.152 e. The SMILES string of the molecule is CC1CSCCN1C1(CN)CCCS(=O)(=O)C1. The van der Waals surface area contributed by atoms with Crippen LogP contribution in [0.5, 0.6) is 0 Å². The van der Waals surface area contributed by atoms with Gasteiger partial charge < -0.3 is 5.73 Å². The van der Waals surface area contributed by atoms with E-state index in [2.05, 4.69) is 11.8 Å². The highest BCUT2D eigenvalue weighted by atomic mass is 32.2. The minimum Gasteiger partial charge on any atom is -0.329 e. The summed E-state index contributed by atoms with van der Waals surface area (Å²) in [4.78, 5) is 2.36. The minimum absolute atomic E-state index is 0.255. The van der Waals surface area contributed by atoms with Crippen LogP contribution in [-0.2, 0) is 9.84 Å². The standard InChI is InChI=1S/C11H22N2O2S2/c1-10-7-16-5-4-13(10)11(8-12)3-2-6-17(14,15)9-11/h10H,2-9,12H2,1H3. The number of nitrogens with two attached hydrogens (primary N) is 1. The molecule has 0 bridgehead atoms. The summed E-state index contributed by atoms with van der Waals surface area (Å²) in [6, 6.07) is 0.436. The highest BCUT2D eigenvalue weighted by Gasteiger charge is 2.44. The van der Waals surface area contributed by atoms with Crippen LogP contribution in [-0.4, -0.2) is 61.0 Å². The van der Waals surface area contributed by atoms with E-state index >= 15 is 0 Å². The lowest BCUT2D eigenvalue weighted by molar-refractivity contribution is 0.0731. The largest absolute Gasteiger partial charge is 0.329 e. The molecule has 2 rings (SSSR count). The third kappa shape index (κ3) is 2.80. The minimum atomic E-state index is -2.90. The summed E-state index contributed by atoms with van der Waals surface area (Å²) in [5.74, 6) is 2.77. The van der Waals surface area contributed by atoms with Gasteiger partial charge in [-0.05, 0) is 19.8 Å².